The molecule has 1 saturated carbocycles. The number of carbonyl (C=O) groups excluding carboxylic acids is 3. The highest BCUT2D eigenvalue weighted by Crippen LogP contribution is 2.25. The van der Waals surface area contributed by atoms with Gasteiger partial charge in [-0.05, 0) is 49.2 Å². The quantitative estimate of drug-likeness (QED) is 0.535. The van der Waals surface area contributed by atoms with E-state index in [0.29, 0.717) is 10.7 Å². The fourth-order valence-electron chi connectivity index (χ4n) is 2.88. The van der Waals surface area contributed by atoms with Gasteiger partial charge in [-0.25, -0.2) is 13.2 Å². The molecule has 2 amide bonds. The number of hydrogen-bond acceptors (Lipinski definition) is 6. The van der Waals surface area contributed by atoms with Gasteiger partial charge in [0.15, 0.2) is 6.61 Å². The van der Waals surface area contributed by atoms with Gasteiger partial charge in [-0.15, -0.1) is 0 Å². The Bertz CT molecular complexity index is 1170. The number of halogens is 1. The fourth-order valence-corrected chi connectivity index (χ4v) is 4.30. The van der Waals surface area contributed by atoms with Gasteiger partial charge in [0.1, 0.15) is 0 Å². The lowest BCUT2D eigenvalue weighted by Crippen LogP contribution is -2.40. The molecule has 2 aromatic rings. The topological polar surface area (TPSA) is 113 Å². The van der Waals surface area contributed by atoms with E-state index in [2.05, 4.69) is 5.32 Å². The largest absolute Gasteiger partial charge is 0.452 e. The average Bonchev–Trinajstić information content (AvgIpc) is 3.60. The third-order valence-electron chi connectivity index (χ3n) is 4.98. The maximum absolute atomic E-state index is 13.0. The fraction of sp³-hybridized carbons (Fsp3) is 0.318. The van der Waals surface area contributed by atoms with E-state index in [1.54, 1.807) is 18.2 Å². The van der Waals surface area contributed by atoms with Crippen molar-refractivity contribution in [3.05, 3.63) is 59.1 Å². The molecule has 0 atom stereocenters. The summed E-state index contributed by atoms with van der Waals surface area (Å²) in [6.45, 7) is -0.720. The number of carbonyl (C=O) groups is 3. The van der Waals surface area contributed by atoms with E-state index < -0.39 is 28.5 Å². The summed E-state index contributed by atoms with van der Waals surface area (Å²) in [5, 5.41) is 3.15. The Balaban J connectivity index is 1.62. The van der Waals surface area contributed by atoms with Gasteiger partial charge in [0.25, 0.3) is 15.9 Å². The maximum Gasteiger partial charge on any atom is 0.338 e. The molecule has 0 spiro atoms. The van der Waals surface area contributed by atoms with Crippen molar-refractivity contribution in [1.82, 2.24) is 10.2 Å². The van der Waals surface area contributed by atoms with Crippen LogP contribution in [-0.4, -0.2) is 64.4 Å². The second-order valence-electron chi connectivity index (χ2n) is 7.65. The molecule has 0 heterocycles. The number of nitrogens with zero attached hydrogens (tertiary/aromatic N) is 2. The third kappa shape index (κ3) is 6.45. The summed E-state index contributed by atoms with van der Waals surface area (Å²) in [5.74, 6) is -1.69. The highest BCUT2D eigenvalue weighted by atomic mass is 35.5. The lowest BCUT2D eigenvalue weighted by molar-refractivity contribution is -0.137. The van der Waals surface area contributed by atoms with E-state index in [1.807, 2.05) is 0 Å². The number of sulfonamides is 1. The number of nitrogens with one attached hydrogen (secondary N) is 1. The van der Waals surface area contributed by atoms with E-state index in [0.717, 1.165) is 22.0 Å². The van der Waals surface area contributed by atoms with Crippen LogP contribution in [0.5, 0.6) is 0 Å². The standard InChI is InChI=1S/C22H24ClN3O6S/c1-25(13-20(27)24-17-9-10-17)21(28)14-32-22(29)15-5-3-8-19(11-15)33(30,31)26(2)18-7-4-6-16(23)12-18/h3-8,11-12,17H,9-10,13-14H2,1-2H3,(H,24,27). The molecule has 33 heavy (non-hydrogen) atoms. The predicted octanol–water partition coefficient (Wildman–Crippen LogP) is 2.06. The second-order valence-corrected chi connectivity index (χ2v) is 10.1. The summed E-state index contributed by atoms with van der Waals surface area (Å²) in [6, 6.07) is 11.9. The van der Waals surface area contributed by atoms with Gasteiger partial charge >= 0.3 is 5.97 Å². The molecule has 1 aliphatic rings. The highest BCUT2D eigenvalue weighted by molar-refractivity contribution is 7.92. The normalized spacial score (nSPS) is 13.2. The van der Waals surface area contributed by atoms with Crippen molar-refractivity contribution in [2.45, 2.75) is 23.8 Å². The van der Waals surface area contributed by atoms with Crippen LogP contribution >= 0.6 is 11.6 Å². The molecule has 1 aliphatic carbocycles. The molecule has 1 fully saturated rings. The molecule has 11 heteroatoms. The van der Waals surface area contributed by atoms with E-state index in [9.17, 15) is 22.8 Å². The highest BCUT2D eigenvalue weighted by Gasteiger charge is 2.25. The Kier molecular flexibility index (Phi) is 7.60. The van der Waals surface area contributed by atoms with E-state index in [-0.39, 0.29) is 29.0 Å². The van der Waals surface area contributed by atoms with Crippen LogP contribution in [0.2, 0.25) is 5.02 Å². The van der Waals surface area contributed by atoms with Crippen molar-refractivity contribution in [2.24, 2.45) is 0 Å². The van der Waals surface area contributed by atoms with Crippen molar-refractivity contribution in [3.8, 4) is 0 Å². The van der Waals surface area contributed by atoms with Gasteiger partial charge in [-0.3, -0.25) is 13.9 Å². The number of likely N-dealkylation sites (N-methyl/N-ethyl adjacent to an activating group) is 1. The minimum atomic E-state index is -3.98. The zero-order chi connectivity index (χ0) is 24.2. The Morgan fingerprint density at radius 2 is 1.79 bits per heavy atom. The van der Waals surface area contributed by atoms with Gasteiger partial charge < -0.3 is 15.0 Å². The maximum atomic E-state index is 13.0. The Morgan fingerprint density at radius 1 is 1.09 bits per heavy atom. The van der Waals surface area contributed by atoms with Crippen LogP contribution < -0.4 is 9.62 Å². The second kappa shape index (κ2) is 10.2. The Hall–Kier alpha value is -3.11. The summed E-state index contributed by atoms with van der Waals surface area (Å²) in [6.07, 6.45) is 1.87. The van der Waals surface area contributed by atoms with Gasteiger partial charge in [0, 0.05) is 25.2 Å². The SMILES string of the molecule is CN(CC(=O)NC1CC1)C(=O)COC(=O)c1cccc(S(=O)(=O)N(C)c2cccc(Cl)c2)c1. The van der Waals surface area contributed by atoms with E-state index in [1.165, 1.54) is 44.4 Å². The molecule has 0 bridgehead atoms. The lowest BCUT2D eigenvalue weighted by atomic mass is 10.2. The van der Waals surface area contributed by atoms with Crippen LogP contribution in [0, 0.1) is 0 Å². The minimum absolute atomic E-state index is 0.0301. The smallest absolute Gasteiger partial charge is 0.338 e. The summed E-state index contributed by atoms with van der Waals surface area (Å²) in [5.41, 5.74) is 0.326. The lowest BCUT2D eigenvalue weighted by Gasteiger charge is -2.20. The van der Waals surface area contributed by atoms with Crippen molar-refractivity contribution in [1.29, 1.82) is 0 Å². The number of amides is 2. The number of benzene rings is 2. The molecule has 1 N–H and O–H groups in total. The first-order valence-electron chi connectivity index (χ1n) is 10.1. The summed E-state index contributed by atoms with van der Waals surface area (Å²) >= 11 is 5.95. The van der Waals surface area contributed by atoms with Crippen LogP contribution in [0.25, 0.3) is 0 Å². The zero-order valence-electron chi connectivity index (χ0n) is 18.2. The van der Waals surface area contributed by atoms with Gasteiger partial charge in [0.2, 0.25) is 5.91 Å². The number of hydrogen-bond donors (Lipinski definition) is 1. The zero-order valence-corrected chi connectivity index (χ0v) is 19.7. The summed E-state index contributed by atoms with van der Waals surface area (Å²) in [4.78, 5) is 37.4. The van der Waals surface area contributed by atoms with Crippen molar-refractivity contribution in [2.75, 3.05) is 31.6 Å². The third-order valence-corrected chi connectivity index (χ3v) is 6.99. The molecule has 0 saturated heterocycles. The van der Waals surface area contributed by atoms with Crippen LogP contribution in [0.1, 0.15) is 23.2 Å². The molecule has 0 radical (unpaired) electrons. The Labute approximate surface area is 197 Å². The van der Waals surface area contributed by atoms with Crippen molar-refractivity contribution < 1.29 is 27.5 Å². The summed E-state index contributed by atoms with van der Waals surface area (Å²) in [7, 11) is -1.17. The van der Waals surface area contributed by atoms with Crippen molar-refractivity contribution in [3.63, 3.8) is 0 Å². The predicted molar refractivity (Wildman–Crippen MR) is 123 cm³/mol. The number of rotatable bonds is 9. The monoisotopic (exact) mass is 493 g/mol. The van der Waals surface area contributed by atoms with Crippen LogP contribution in [0.3, 0.4) is 0 Å². The number of anilines is 1. The first-order valence-corrected chi connectivity index (χ1v) is 11.9. The van der Waals surface area contributed by atoms with Crippen LogP contribution in [0.4, 0.5) is 5.69 Å². The molecule has 9 nitrogen and oxygen atoms in total. The van der Waals surface area contributed by atoms with Gasteiger partial charge in [0.05, 0.1) is 22.7 Å². The molecule has 0 aliphatic heterocycles. The molecule has 2 aromatic carbocycles. The van der Waals surface area contributed by atoms with Gasteiger partial charge in [-0.1, -0.05) is 23.7 Å². The van der Waals surface area contributed by atoms with E-state index >= 15 is 0 Å². The van der Waals surface area contributed by atoms with E-state index in [4.69, 9.17) is 16.3 Å². The first kappa shape index (κ1) is 24.5. The summed E-state index contributed by atoms with van der Waals surface area (Å²) < 4.78 is 32.1. The average molecular weight is 494 g/mol. The number of ether oxygens (including phenoxy) is 1. The van der Waals surface area contributed by atoms with Crippen LogP contribution in [-0.2, 0) is 24.3 Å². The molecule has 176 valence electrons. The minimum Gasteiger partial charge on any atom is -0.452 e. The first-order chi connectivity index (χ1) is 15.6. The van der Waals surface area contributed by atoms with Crippen LogP contribution in [0.15, 0.2) is 53.4 Å². The molecule has 3 rings (SSSR count). The molecule has 0 unspecified atom stereocenters. The molecule has 0 aromatic heterocycles. The molecular formula is C22H24ClN3O6S. The van der Waals surface area contributed by atoms with Gasteiger partial charge in [-0.2, -0.15) is 0 Å². The molecular weight excluding hydrogens is 470 g/mol. The van der Waals surface area contributed by atoms with Crippen molar-refractivity contribution >= 4 is 45.1 Å². The Morgan fingerprint density at radius 3 is 2.45 bits per heavy atom. The number of esters is 1.